The normalized spacial score (nSPS) is 18.3. The summed E-state index contributed by atoms with van der Waals surface area (Å²) in [5.74, 6) is -0.714. The highest BCUT2D eigenvalue weighted by atomic mass is 79.9. The van der Waals surface area contributed by atoms with Crippen molar-refractivity contribution in [3.05, 3.63) is 45.3 Å². The fourth-order valence-electron chi connectivity index (χ4n) is 3.40. The quantitative estimate of drug-likeness (QED) is 0.650. The maximum Gasteiger partial charge on any atom is 0.329 e. The molecule has 2 aromatic carbocycles. The second kappa shape index (κ2) is 5.31. The molecule has 1 aliphatic rings. The molecule has 1 fully saturated rings. The minimum absolute atomic E-state index is 0.234. The summed E-state index contributed by atoms with van der Waals surface area (Å²) in [4.78, 5) is 36.4. The van der Waals surface area contributed by atoms with Crippen LogP contribution in [0.2, 0.25) is 0 Å². The molecule has 2 amide bonds. The first-order valence-corrected chi connectivity index (χ1v) is 8.39. The van der Waals surface area contributed by atoms with Gasteiger partial charge in [0.25, 0.3) is 0 Å². The first-order valence-electron chi connectivity index (χ1n) is 7.60. The Morgan fingerprint density at radius 2 is 1.92 bits per heavy atom. The van der Waals surface area contributed by atoms with E-state index < -0.39 is 11.9 Å². The average Bonchev–Trinajstić information content (AvgIpc) is 2.80. The third-order valence-corrected chi connectivity index (χ3v) is 5.04. The fraction of sp³-hybridized carbons (Fsp3) is 0.235. The van der Waals surface area contributed by atoms with Crippen LogP contribution >= 0.6 is 15.9 Å². The number of nitrogens with zero attached hydrogens (tertiary/aromatic N) is 2. The summed E-state index contributed by atoms with van der Waals surface area (Å²) < 4.78 is 3.98. The third kappa shape index (κ3) is 2.11. The van der Waals surface area contributed by atoms with E-state index in [4.69, 9.17) is 0 Å². The summed E-state index contributed by atoms with van der Waals surface area (Å²) in [7, 11) is 1.70. The van der Waals surface area contributed by atoms with Crippen molar-refractivity contribution >= 4 is 49.6 Å². The molecular formula is C17H14BrN3O3. The topological polar surface area (TPSA) is 73.1 Å². The first-order chi connectivity index (χ1) is 11.5. The molecule has 24 heavy (non-hydrogen) atoms. The Balaban J connectivity index is 2.04. The van der Waals surface area contributed by atoms with Crippen molar-refractivity contribution in [2.45, 2.75) is 18.9 Å². The zero-order chi connectivity index (χ0) is 17.0. The Bertz CT molecular complexity index is 1080. The van der Waals surface area contributed by atoms with E-state index in [1.165, 1.54) is 4.57 Å². The number of aryl methyl sites for hydroxylation is 1. The van der Waals surface area contributed by atoms with E-state index in [0.29, 0.717) is 11.9 Å². The van der Waals surface area contributed by atoms with Gasteiger partial charge in [-0.1, -0.05) is 28.1 Å². The van der Waals surface area contributed by atoms with Crippen LogP contribution < -0.4 is 11.0 Å². The predicted octanol–water partition coefficient (Wildman–Crippen LogP) is 2.23. The zero-order valence-corrected chi connectivity index (χ0v) is 14.5. The van der Waals surface area contributed by atoms with Crippen LogP contribution in [0, 0.1) is 0 Å². The van der Waals surface area contributed by atoms with Gasteiger partial charge in [-0.15, -0.1) is 0 Å². The van der Waals surface area contributed by atoms with Crippen LogP contribution in [0.25, 0.3) is 21.8 Å². The maximum atomic E-state index is 12.8. The number of piperidine rings is 1. The van der Waals surface area contributed by atoms with E-state index >= 15 is 0 Å². The lowest BCUT2D eigenvalue weighted by molar-refractivity contribution is -0.135. The van der Waals surface area contributed by atoms with E-state index in [-0.39, 0.29) is 18.0 Å². The smallest absolute Gasteiger partial charge is 0.295 e. The number of fused-ring (bicyclic) bond motifs is 3. The lowest BCUT2D eigenvalue weighted by Crippen LogP contribution is -2.44. The largest absolute Gasteiger partial charge is 0.329 e. The Morgan fingerprint density at radius 1 is 1.17 bits per heavy atom. The molecule has 0 spiro atoms. The highest BCUT2D eigenvalue weighted by Gasteiger charge is 2.31. The van der Waals surface area contributed by atoms with Gasteiger partial charge in [-0.2, -0.15) is 0 Å². The van der Waals surface area contributed by atoms with Gasteiger partial charge in [-0.05, 0) is 30.0 Å². The molecule has 2 heterocycles. The van der Waals surface area contributed by atoms with Gasteiger partial charge in [0, 0.05) is 23.3 Å². The molecule has 0 radical (unpaired) electrons. The summed E-state index contributed by atoms with van der Waals surface area (Å²) in [6.45, 7) is 0. The molecule has 0 saturated carbocycles. The van der Waals surface area contributed by atoms with Crippen molar-refractivity contribution in [2.24, 2.45) is 7.05 Å². The van der Waals surface area contributed by atoms with Crippen LogP contribution in [0.3, 0.4) is 0 Å². The SMILES string of the molecule is Cn1c(=O)n(C2CCC(=O)NC2=O)c2ccc3ccc(Br)cc3c21. The predicted molar refractivity (Wildman–Crippen MR) is 93.8 cm³/mol. The highest BCUT2D eigenvalue weighted by molar-refractivity contribution is 9.10. The van der Waals surface area contributed by atoms with Gasteiger partial charge in [0.15, 0.2) is 0 Å². The van der Waals surface area contributed by atoms with E-state index in [0.717, 1.165) is 20.8 Å². The van der Waals surface area contributed by atoms with E-state index in [1.807, 2.05) is 30.3 Å². The zero-order valence-electron chi connectivity index (χ0n) is 12.9. The monoisotopic (exact) mass is 387 g/mol. The van der Waals surface area contributed by atoms with Crippen LogP contribution in [-0.2, 0) is 16.6 Å². The highest BCUT2D eigenvalue weighted by Crippen LogP contribution is 2.30. The molecule has 7 heteroatoms. The van der Waals surface area contributed by atoms with Gasteiger partial charge in [-0.3, -0.25) is 24.0 Å². The summed E-state index contributed by atoms with van der Waals surface area (Å²) >= 11 is 3.47. The summed E-state index contributed by atoms with van der Waals surface area (Å²) in [6, 6.07) is 9.02. The number of carbonyl (C=O) groups excluding carboxylic acids is 2. The van der Waals surface area contributed by atoms with Crippen molar-refractivity contribution in [3.8, 4) is 0 Å². The van der Waals surface area contributed by atoms with Crippen molar-refractivity contribution < 1.29 is 9.59 Å². The molecule has 1 N–H and O–H groups in total. The number of nitrogens with one attached hydrogen (secondary N) is 1. The van der Waals surface area contributed by atoms with Crippen LogP contribution in [-0.4, -0.2) is 20.9 Å². The van der Waals surface area contributed by atoms with Gasteiger partial charge in [-0.25, -0.2) is 4.79 Å². The number of imidazole rings is 1. The average molecular weight is 388 g/mol. The van der Waals surface area contributed by atoms with Crippen LogP contribution in [0.1, 0.15) is 18.9 Å². The lowest BCUT2D eigenvalue weighted by Gasteiger charge is -2.21. The number of halogens is 1. The minimum Gasteiger partial charge on any atom is -0.295 e. The number of carbonyl (C=O) groups is 2. The first kappa shape index (κ1) is 15.1. The van der Waals surface area contributed by atoms with Crippen molar-refractivity contribution in [2.75, 3.05) is 0 Å². The Kier molecular flexibility index (Phi) is 3.35. The Labute approximate surface area is 145 Å². The van der Waals surface area contributed by atoms with Crippen LogP contribution in [0.5, 0.6) is 0 Å². The van der Waals surface area contributed by atoms with Crippen LogP contribution in [0.15, 0.2) is 39.6 Å². The van der Waals surface area contributed by atoms with Gasteiger partial charge in [0.05, 0.1) is 11.0 Å². The van der Waals surface area contributed by atoms with Gasteiger partial charge < -0.3 is 0 Å². The number of benzene rings is 2. The van der Waals surface area contributed by atoms with Gasteiger partial charge >= 0.3 is 5.69 Å². The molecule has 1 unspecified atom stereocenters. The number of hydrogen-bond acceptors (Lipinski definition) is 3. The summed E-state index contributed by atoms with van der Waals surface area (Å²) in [5.41, 5.74) is 1.22. The molecule has 1 saturated heterocycles. The number of rotatable bonds is 1. The molecule has 3 aromatic rings. The molecular weight excluding hydrogens is 374 g/mol. The Hall–Kier alpha value is -2.41. The molecule has 0 aliphatic carbocycles. The van der Waals surface area contributed by atoms with E-state index in [2.05, 4.69) is 21.2 Å². The summed E-state index contributed by atoms with van der Waals surface area (Å²) in [6.07, 6.45) is 0.568. The number of amides is 2. The van der Waals surface area contributed by atoms with Crippen molar-refractivity contribution in [1.29, 1.82) is 0 Å². The molecule has 1 atom stereocenters. The minimum atomic E-state index is -0.663. The maximum absolute atomic E-state index is 12.8. The molecule has 4 rings (SSSR count). The number of aromatic nitrogens is 2. The fourth-order valence-corrected chi connectivity index (χ4v) is 3.76. The second-order valence-electron chi connectivity index (χ2n) is 5.98. The molecule has 0 bridgehead atoms. The van der Waals surface area contributed by atoms with Crippen molar-refractivity contribution in [3.63, 3.8) is 0 Å². The lowest BCUT2D eigenvalue weighted by atomic mass is 10.0. The van der Waals surface area contributed by atoms with E-state index in [9.17, 15) is 14.4 Å². The van der Waals surface area contributed by atoms with Crippen molar-refractivity contribution in [1.82, 2.24) is 14.5 Å². The van der Waals surface area contributed by atoms with Gasteiger partial charge in [0.2, 0.25) is 11.8 Å². The number of hydrogen-bond donors (Lipinski definition) is 1. The third-order valence-electron chi connectivity index (χ3n) is 4.54. The standard InChI is InChI=1S/C17H14BrN3O3/c1-20-15-11-8-10(18)4-2-9(11)3-5-12(15)21(17(20)24)13-6-7-14(22)19-16(13)23/h2-5,8,13H,6-7H2,1H3,(H,19,22,23). The second-order valence-corrected chi connectivity index (χ2v) is 6.89. The number of imide groups is 1. The molecule has 6 nitrogen and oxygen atoms in total. The Morgan fingerprint density at radius 3 is 2.67 bits per heavy atom. The molecule has 122 valence electrons. The van der Waals surface area contributed by atoms with Gasteiger partial charge in [0.1, 0.15) is 6.04 Å². The van der Waals surface area contributed by atoms with E-state index in [1.54, 1.807) is 11.6 Å². The molecule has 1 aliphatic heterocycles. The molecule has 1 aromatic heterocycles. The van der Waals surface area contributed by atoms with Crippen LogP contribution in [0.4, 0.5) is 0 Å². The summed E-state index contributed by atoms with van der Waals surface area (Å²) in [5, 5.41) is 4.27.